The molecule has 2 aliphatic rings. The zero-order valence-electron chi connectivity index (χ0n) is 16.4. The molecule has 152 valence electrons. The first-order valence-corrected chi connectivity index (χ1v) is 9.84. The van der Waals surface area contributed by atoms with Gasteiger partial charge >= 0.3 is 0 Å². The highest BCUT2D eigenvalue weighted by Gasteiger charge is 2.25. The van der Waals surface area contributed by atoms with E-state index in [4.69, 9.17) is 4.74 Å². The molecule has 0 radical (unpaired) electrons. The van der Waals surface area contributed by atoms with Crippen LogP contribution >= 0.6 is 0 Å². The second-order valence-electron chi connectivity index (χ2n) is 7.29. The van der Waals surface area contributed by atoms with E-state index in [1.54, 1.807) is 41.2 Å². The van der Waals surface area contributed by atoms with Gasteiger partial charge in [-0.2, -0.15) is 0 Å². The van der Waals surface area contributed by atoms with E-state index in [1.807, 2.05) is 0 Å². The van der Waals surface area contributed by atoms with E-state index in [1.165, 1.54) is 6.20 Å². The topological polar surface area (TPSA) is 94.7 Å². The zero-order chi connectivity index (χ0) is 20.4. The summed E-state index contributed by atoms with van der Waals surface area (Å²) in [6, 6.07) is 6.77. The van der Waals surface area contributed by atoms with Crippen molar-refractivity contribution >= 4 is 29.1 Å². The van der Waals surface area contributed by atoms with E-state index in [0.717, 1.165) is 32.4 Å². The number of likely N-dealkylation sites (tertiary alicyclic amines) is 1. The van der Waals surface area contributed by atoms with Gasteiger partial charge in [0.05, 0.1) is 18.4 Å². The molecule has 0 unspecified atom stereocenters. The predicted octanol–water partition coefficient (Wildman–Crippen LogP) is 2.64. The molecule has 3 heterocycles. The summed E-state index contributed by atoms with van der Waals surface area (Å²) in [4.78, 5) is 43.6. The Bertz CT molecular complexity index is 946. The Morgan fingerprint density at radius 3 is 2.59 bits per heavy atom. The summed E-state index contributed by atoms with van der Waals surface area (Å²) in [5, 5.41) is 2.83. The monoisotopic (exact) mass is 396 g/mol. The number of anilines is 2. The molecule has 0 atom stereocenters. The Morgan fingerprint density at radius 2 is 1.90 bits per heavy atom. The largest absolute Gasteiger partial charge is 0.495 e. The summed E-state index contributed by atoms with van der Waals surface area (Å²) in [6.45, 7) is 2.14. The molecule has 1 aromatic carbocycles. The fourth-order valence-electron chi connectivity index (χ4n) is 3.82. The van der Waals surface area contributed by atoms with E-state index >= 15 is 0 Å². The normalized spacial score (nSPS) is 16.4. The molecule has 2 saturated heterocycles. The number of H-pyrrole nitrogens is 1. The van der Waals surface area contributed by atoms with Gasteiger partial charge in [-0.1, -0.05) is 0 Å². The van der Waals surface area contributed by atoms with Gasteiger partial charge in [0.1, 0.15) is 11.4 Å². The first kappa shape index (κ1) is 19.0. The minimum atomic E-state index is -0.328. The van der Waals surface area contributed by atoms with Crippen molar-refractivity contribution in [3.63, 3.8) is 0 Å². The number of nitrogens with one attached hydrogen (secondary N) is 2. The van der Waals surface area contributed by atoms with Crippen LogP contribution in [-0.4, -0.2) is 54.3 Å². The Morgan fingerprint density at radius 1 is 1.10 bits per heavy atom. The third kappa shape index (κ3) is 3.83. The number of aromatic nitrogens is 1. The van der Waals surface area contributed by atoms with Crippen LogP contribution in [0.1, 0.15) is 46.5 Å². The number of ether oxygens (including phenoxy) is 1. The summed E-state index contributed by atoms with van der Waals surface area (Å²) < 4.78 is 5.38. The number of carbonyl (C=O) groups excluding carboxylic acids is 3. The number of hydrogen-bond donors (Lipinski definition) is 2. The summed E-state index contributed by atoms with van der Waals surface area (Å²) in [7, 11) is 1.55. The van der Waals surface area contributed by atoms with Gasteiger partial charge in [-0.15, -0.1) is 0 Å². The second-order valence-corrected chi connectivity index (χ2v) is 7.29. The summed E-state index contributed by atoms with van der Waals surface area (Å²) in [5.74, 6) is 0.215. The van der Waals surface area contributed by atoms with Crippen LogP contribution < -0.4 is 15.0 Å². The first-order chi connectivity index (χ1) is 14.1. The Hall–Kier alpha value is -3.29. The van der Waals surface area contributed by atoms with Crippen molar-refractivity contribution in [2.45, 2.75) is 25.7 Å². The number of amides is 3. The Labute approximate surface area is 168 Å². The fraction of sp³-hybridized carbons (Fsp3) is 0.381. The average Bonchev–Trinajstić information content (AvgIpc) is 3.48. The Balaban J connectivity index is 1.50. The molecule has 0 aliphatic carbocycles. The van der Waals surface area contributed by atoms with Gasteiger partial charge in [0.25, 0.3) is 11.8 Å². The SMILES string of the molecule is COc1ccc(NC(=O)c2c[nH]c(C(=O)N3CCCC3)c2)cc1N1CCCC1=O. The van der Waals surface area contributed by atoms with Crippen LogP contribution in [0, 0.1) is 0 Å². The van der Waals surface area contributed by atoms with Gasteiger partial charge in [-0.25, -0.2) is 0 Å². The maximum atomic E-state index is 12.7. The molecule has 2 aliphatic heterocycles. The highest BCUT2D eigenvalue weighted by Crippen LogP contribution is 2.34. The average molecular weight is 396 g/mol. The van der Waals surface area contributed by atoms with Crippen LogP contribution in [0.25, 0.3) is 0 Å². The molecule has 2 aromatic rings. The summed E-state index contributed by atoms with van der Waals surface area (Å²) in [6.07, 6.45) is 4.87. The third-order valence-corrected chi connectivity index (χ3v) is 5.37. The van der Waals surface area contributed by atoms with Crippen molar-refractivity contribution in [3.8, 4) is 5.75 Å². The number of methoxy groups -OCH3 is 1. The van der Waals surface area contributed by atoms with Crippen LogP contribution in [0.15, 0.2) is 30.5 Å². The molecule has 0 bridgehead atoms. The standard InChI is InChI=1S/C21H24N4O4/c1-29-18-7-6-15(12-17(18)25-10-4-5-19(25)26)23-20(27)14-11-16(22-13-14)21(28)24-8-2-3-9-24/h6-7,11-13,22H,2-5,8-10H2,1H3,(H,23,27). The molecule has 2 N–H and O–H groups in total. The molecule has 3 amide bonds. The van der Waals surface area contributed by atoms with Crippen LogP contribution in [-0.2, 0) is 4.79 Å². The number of carbonyl (C=O) groups is 3. The van der Waals surface area contributed by atoms with Gasteiger partial charge < -0.3 is 24.8 Å². The number of hydrogen-bond acceptors (Lipinski definition) is 4. The molecular weight excluding hydrogens is 372 g/mol. The lowest BCUT2D eigenvalue weighted by Crippen LogP contribution is -2.27. The van der Waals surface area contributed by atoms with Gasteiger partial charge in [-0.3, -0.25) is 14.4 Å². The van der Waals surface area contributed by atoms with Crippen LogP contribution in [0.2, 0.25) is 0 Å². The van der Waals surface area contributed by atoms with Crippen molar-refractivity contribution in [2.75, 3.05) is 37.0 Å². The molecule has 2 fully saturated rings. The van der Waals surface area contributed by atoms with Gasteiger partial charge in [0.15, 0.2) is 0 Å². The molecule has 29 heavy (non-hydrogen) atoms. The maximum absolute atomic E-state index is 12.7. The minimum Gasteiger partial charge on any atom is -0.495 e. The highest BCUT2D eigenvalue weighted by atomic mass is 16.5. The molecular formula is C21H24N4O4. The molecule has 1 aromatic heterocycles. The second kappa shape index (κ2) is 7.98. The lowest BCUT2D eigenvalue weighted by molar-refractivity contribution is -0.117. The quantitative estimate of drug-likeness (QED) is 0.812. The van der Waals surface area contributed by atoms with E-state index < -0.39 is 0 Å². The van der Waals surface area contributed by atoms with Crippen LogP contribution in [0.5, 0.6) is 5.75 Å². The first-order valence-electron chi connectivity index (χ1n) is 9.84. The summed E-state index contributed by atoms with van der Waals surface area (Å²) in [5.41, 5.74) is 1.99. The third-order valence-electron chi connectivity index (χ3n) is 5.37. The zero-order valence-corrected chi connectivity index (χ0v) is 16.4. The van der Waals surface area contributed by atoms with E-state index in [9.17, 15) is 14.4 Å². The van der Waals surface area contributed by atoms with E-state index in [0.29, 0.717) is 41.3 Å². The van der Waals surface area contributed by atoms with E-state index in [2.05, 4.69) is 10.3 Å². The van der Waals surface area contributed by atoms with E-state index in [-0.39, 0.29) is 17.7 Å². The lowest BCUT2D eigenvalue weighted by Gasteiger charge is -2.20. The van der Waals surface area contributed by atoms with Gasteiger partial charge in [0.2, 0.25) is 5.91 Å². The highest BCUT2D eigenvalue weighted by molar-refractivity contribution is 6.06. The smallest absolute Gasteiger partial charge is 0.270 e. The molecule has 8 heteroatoms. The van der Waals surface area contributed by atoms with Crippen molar-refractivity contribution in [1.82, 2.24) is 9.88 Å². The molecule has 0 saturated carbocycles. The number of nitrogens with zero attached hydrogens (tertiary/aromatic N) is 2. The van der Waals surface area contributed by atoms with Crippen LogP contribution in [0.3, 0.4) is 0 Å². The van der Waals surface area contributed by atoms with Crippen molar-refractivity contribution in [1.29, 1.82) is 0 Å². The van der Waals surface area contributed by atoms with Gasteiger partial charge in [0, 0.05) is 37.9 Å². The number of aromatic amines is 1. The molecule has 4 rings (SSSR count). The number of rotatable bonds is 5. The predicted molar refractivity (Wildman–Crippen MR) is 108 cm³/mol. The van der Waals surface area contributed by atoms with Crippen molar-refractivity contribution < 1.29 is 19.1 Å². The maximum Gasteiger partial charge on any atom is 0.270 e. The summed E-state index contributed by atoms with van der Waals surface area (Å²) >= 11 is 0. The minimum absolute atomic E-state index is 0.0440. The molecule has 8 nitrogen and oxygen atoms in total. The van der Waals surface area contributed by atoms with Crippen molar-refractivity contribution in [3.05, 3.63) is 41.7 Å². The van der Waals surface area contributed by atoms with Crippen LogP contribution in [0.4, 0.5) is 11.4 Å². The van der Waals surface area contributed by atoms with Gasteiger partial charge in [-0.05, 0) is 43.5 Å². The number of benzene rings is 1. The lowest BCUT2D eigenvalue weighted by atomic mass is 10.2. The fourth-order valence-corrected chi connectivity index (χ4v) is 3.82. The Kier molecular flexibility index (Phi) is 5.24. The van der Waals surface area contributed by atoms with Crippen molar-refractivity contribution in [2.24, 2.45) is 0 Å². The molecule has 0 spiro atoms.